The molecule has 1 saturated heterocycles. The zero-order chi connectivity index (χ0) is 14.5. The van der Waals surface area contributed by atoms with E-state index in [0.29, 0.717) is 5.82 Å². The number of esters is 1. The van der Waals surface area contributed by atoms with Crippen molar-refractivity contribution in [3.05, 3.63) is 12.3 Å². The second-order valence-electron chi connectivity index (χ2n) is 4.96. The third-order valence-corrected chi connectivity index (χ3v) is 3.28. The minimum absolute atomic E-state index is 0.0468. The maximum Gasteiger partial charge on any atom is 0.328 e. The van der Waals surface area contributed by atoms with Crippen LogP contribution >= 0.6 is 0 Å². The number of rotatable bonds is 4. The quantitative estimate of drug-likeness (QED) is 0.807. The van der Waals surface area contributed by atoms with E-state index in [0.717, 1.165) is 32.4 Å². The predicted octanol–water partition coefficient (Wildman–Crippen LogP) is 0.409. The Morgan fingerprint density at radius 1 is 1.40 bits per heavy atom. The van der Waals surface area contributed by atoms with Crippen molar-refractivity contribution >= 4 is 17.7 Å². The Morgan fingerprint density at radius 3 is 2.70 bits per heavy atom. The molecule has 7 nitrogen and oxygen atoms in total. The SMILES string of the molecule is CC(OC(=O)Cn1ccc(N)n1)C(=O)N1CCCCC1. The first-order valence-corrected chi connectivity index (χ1v) is 6.83. The summed E-state index contributed by atoms with van der Waals surface area (Å²) in [4.78, 5) is 25.6. The molecule has 1 unspecified atom stereocenters. The summed E-state index contributed by atoms with van der Waals surface area (Å²) in [6.45, 7) is 3.05. The number of ether oxygens (including phenoxy) is 1. The Hall–Kier alpha value is -2.05. The zero-order valence-electron chi connectivity index (χ0n) is 11.6. The number of nitrogens with zero attached hydrogens (tertiary/aromatic N) is 3. The van der Waals surface area contributed by atoms with Gasteiger partial charge < -0.3 is 15.4 Å². The van der Waals surface area contributed by atoms with Crippen molar-refractivity contribution in [1.29, 1.82) is 0 Å². The van der Waals surface area contributed by atoms with Crippen LogP contribution in [0.5, 0.6) is 0 Å². The summed E-state index contributed by atoms with van der Waals surface area (Å²) in [6, 6.07) is 1.59. The first kappa shape index (κ1) is 14.4. The van der Waals surface area contributed by atoms with E-state index in [4.69, 9.17) is 10.5 Å². The molecule has 2 rings (SSSR count). The predicted molar refractivity (Wildman–Crippen MR) is 72.6 cm³/mol. The topological polar surface area (TPSA) is 90.5 Å². The standard InChI is InChI=1S/C13H20N4O3/c1-10(13(19)16-6-3-2-4-7-16)20-12(18)9-17-8-5-11(14)15-17/h5,8,10H,2-4,6-7,9H2,1H3,(H2,14,15). The number of nitrogen functional groups attached to an aromatic ring is 1. The average Bonchev–Trinajstić information content (AvgIpc) is 2.84. The van der Waals surface area contributed by atoms with Gasteiger partial charge in [-0.1, -0.05) is 0 Å². The van der Waals surface area contributed by atoms with Crippen LogP contribution in [0.25, 0.3) is 0 Å². The summed E-state index contributed by atoms with van der Waals surface area (Å²) >= 11 is 0. The number of carbonyl (C=O) groups excluding carboxylic acids is 2. The largest absolute Gasteiger partial charge is 0.451 e. The van der Waals surface area contributed by atoms with E-state index in [2.05, 4.69) is 5.10 Å². The normalized spacial score (nSPS) is 16.8. The maximum absolute atomic E-state index is 12.1. The van der Waals surface area contributed by atoms with Gasteiger partial charge in [0.2, 0.25) is 0 Å². The van der Waals surface area contributed by atoms with Crippen LogP contribution in [0.3, 0.4) is 0 Å². The van der Waals surface area contributed by atoms with Gasteiger partial charge in [0.25, 0.3) is 5.91 Å². The highest BCUT2D eigenvalue weighted by Gasteiger charge is 2.25. The number of hydrogen-bond acceptors (Lipinski definition) is 5. The lowest BCUT2D eigenvalue weighted by Crippen LogP contribution is -2.43. The van der Waals surface area contributed by atoms with E-state index in [1.807, 2.05) is 0 Å². The van der Waals surface area contributed by atoms with Gasteiger partial charge in [0.05, 0.1) is 0 Å². The zero-order valence-corrected chi connectivity index (χ0v) is 11.6. The Kier molecular flexibility index (Phi) is 4.60. The van der Waals surface area contributed by atoms with E-state index in [-0.39, 0.29) is 12.5 Å². The van der Waals surface area contributed by atoms with Crippen LogP contribution in [0.15, 0.2) is 12.3 Å². The monoisotopic (exact) mass is 280 g/mol. The average molecular weight is 280 g/mol. The first-order valence-electron chi connectivity index (χ1n) is 6.83. The van der Waals surface area contributed by atoms with Crippen LogP contribution in [0, 0.1) is 0 Å². The molecule has 1 atom stereocenters. The third-order valence-electron chi connectivity index (χ3n) is 3.28. The molecule has 0 spiro atoms. The molecule has 1 fully saturated rings. The number of amides is 1. The highest BCUT2D eigenvalue weighted by atomic mass is 16.5. The van der Waals surface area contributed by atoms with E-state index in [1.165, 1.54) is 4.68 Å². The number of likely N-dealkylation sites (tertiary alicyclic amines) is 1. The molecule has 0 radical (unpaired) electrons. The van der Waals surface area contributed by atoms with E-state index in [1.54, 1.807) is 24.1 Å². The van der Waals surface area contributed by atoms with Crippen molar-refractivity contribution in [2.24, 2.45) is 0 Å². The van der Waals surface area contributed by atoms with Gasteiger partial charge >= 0.3 is 5.97 Å². The Labute approximate surface area is 117 Å². The van der Waals surface area contributed by atoms with Gasteiger partial charge in [0.1, 0.15) is 12.4 Å². The summed E-state index contributed by atoms with van der Waals surface area (Å²) in [5, 5.41) is 3.89. The van der Waals surface area contributed by atoms with Crippen molar-refractivity contribution in [1.82, 2.24) is 14.7 Å². The van der Waals surface area contributed by atoms with Crippen LogP contribution in [0.4, 0.5) is 5.82 Å². The summed E-state index contributed by atoms with van der Waals surface area (Å²) in [6.07, 6.45) is 4.01. The smallest absolute Gasteiger partial charge is 0.328 e. The lowest BCUT2D eigenvalue weighted by Gasteiger charge is -2.28. The number of piperidine rings is 1. The van der Waals surface area contributed by atoms with Gasteiger partial charge in [-0.25, -0.2) is 0 Å². The molecule has 2 heterocycles. The van der Waals surface area contributed by atoms with E-state index >= 15 is 0 Å². The van der Waals surface area contributed by atoms with Crippen molar-refractivity contribution in [2.45, 2.75) is 38.8 Å². The van der Waals surface area contributed by atoms with Crippen LogP contribution in [-0.4, -0.2) is 45.8 Å². The van der Waals surface area contributed by atoms with Crippen molar-refractivity contribution in [2.75, 3.05) is 18.8 Å². The van der Waals surface area contributed by atoms with Gasteiger partial charge in [0, 0.05) is 19.3 Å². The van der Waals surface area contributed by atoms with Crippen LogP contribution in [0.1, 0.15) is 26.2 Å². The lowest BCUT2D eigenvalue weighted by atomic mass is 10.1. The highest BCUT2D eigenvalue weighted by Crippen LogP contribution is 2.11. The molecule has 0 aromatic carbocycles. The fraction of sp³-hybridized carbons (Fsp3) is 0.615. The summed E-state index contributed by atoms with van der Waals surface area (Å²) in [7, 11) is 0. The number of hydrogen-bond donors (Lipinski definition) is 1. The second-order valence-corrected chi connectivity index (χ2v) is 4.96. The number of aromatic nitrogens is 2. The molecule has 1 amide bonds. The Balaban J connectivity index is 1.82. The fourth-order valence-corrected chi connectivity index (χ4v) is 2.25. The summed E-state index contributed by atoms with van der Waals surface area (Å²) in [5.41, 5.74) is 5.46. The molecule has 1 aromatic rings. The summed E-state index contributed by atoms with van der Waals surface area (Å²) in [5.74, 6) is -0.278. The van der Waals surface area contributed by atoms with Crippen molar-refractivity contribution < 1.29 is 14.3 Å². The molecule has 110 valence electrons. The Morgan fingerprint density at radius 2 is 2.10 bits per heavy atom. The molecule has 20 heavy (non-hydrogen) atoms. The number of nitrogens with two attached hydrogens (primary N) is 1. The Bertz CT molecular complexity index is 480. The minimum atomic E-state index is -0.756. The second kappa shape index (κ2) is 6.40. The molecule has 1 aromatic heterocycles. The number of carbonyl (C=O) groups is 2. The molecule has 7 heteroatoms. The van der Waals surface area contributed by atoms with Crippen LogP contribution in [-0.2, 0) is 20.9 Å². The maximum atomic E-state index is 12.1. The molecule has 0 aliphatic carbocycles. The van der Waals surface area contributed by atoms with Crippen molar-refractivity contribution in [3.8, 4) is 0 Å². The highest BCUT2D eigenvalue weighted by molar-refractivity contribution is 5.83. The van der Waals surface area contributed by atoms with Gasteiger partial charge in [-0.05, 0) is 32.3 Å². The first-order chi connectivity index (χ1) is 9.56. The van der Waals surface area contributed by atoms with Crippen molar-refractivity contribution in [3.63, 3.8) is 0 Å². The van der Waals surface area contributed by atoms with Gasteiger partial charge in [-0.2, -0.15) is 5.10 Å². The van der Waals surface area contributed by atoms with E-state index < -0.39 is 12.1 Å². The molecule has 1 aliphatic heterocycles. The molecular weight excluding hydrogens is 260 g/mol. The van der Waals surface area contributed by atoms with Crippen LogP contribution in [0.2, 0.25) is 0 Å². The van der Waals surface area contributed by atoms with Crippen LogP contribution < -0.4 is 5.73 Å². The summed E-state index contributed by atoms with van der Waals surface area (Å²) < 4.78 is 6.53. The fourth-order valence-electron chi connectivity index (χ4n) is 2.25. The molecule has 2 N–H and O–H groups in total. The number of anilines is 1. The minimum Gasteiger partial charge on any atom is -0.451 e. The van der Waals surface area contributed by atoms with Gasteiger partial charge in [-0.15, -0.1) is 0 Å². The van der Waals surface area contributed by atoms with Gasteiger partial charge in [-0.3, -0.25) is 14.3 Å². The van der Waals surface area contributed by atoms with E-state index in [9.17, 15) is 9.59 Å². The lowest BCUT2D eigenvalue weighted by molar-refractivity contribution is -0.160. The molecule has 0 bridgehead atoms. The van der Waals surface area contributed by atoms with Gasteiger partial charge in [0.15, 0.2) is 6.10 Å². The molecule has 0 saturated carbocycles. The molecule has 1 aliphatic rings. The third kappa shape index (κ3) is 3.72. The molecular formula is C13H20N4O3.